The summed E-state index contributed by atoms with van der Waals surface area (Å²) < 4.78 is 0.884. The minimum Gasteiger partial charge on any atom is -0.396 e. The molecular weight excluding hydrogens is 284 g/mol. The van der Waals surface area contributed by atoms with Gasteiger partial charge in [0.25, 0.3) is 0 Å². The van der Waals surface area contributed by atoms with Crippen LogP contribution in [0.15, 0.2) is 16.9 Å². The normalized spacial score (nSPS) is 17.1. The van der Waals surface area contributed by atoms with Gasteiger partial charge in [-0.25, -0.2) is 0 Å². The second-order valence-corrected chi connectivity index (χ2v) is 5.08. The molecule has 0 bridgehead atoms. The highest BCUT2D eigenvalue weighted by Gasteiger charge is 2.25. The molecule has 1 aliphatic rings. The number of rotatable bonds is 2. The Morgan fingerprint density at radius 1 is 1.41 bits per heavy atom. The Labute approximate surface area is 108 Å². The van der Waals surface area contributed by atoms with Gasteiger partial charge < -0.3 is 16.4 Å². The zero-order valence-electron chi connectivity index (χ0n) is 9.40. The van der Waals surface area contributed by atoms with Gasteiger partial charge in [-0.15, -0.1) is 0 Å². The van der Waals surface area contributed by atoms with Crippen LogP contribution in [-0.4, -0.2) is 24.0 Å². The van der Waals surface area contributed by atoms with E-state index in [4.69, 9.17) is 11.5 Å². The molecule has 1 aliphatic heterocycles. The number of amides is 1. The average molecular weight is 299 g/mol. The highest BCUT2D eigenvalue weighted by atomic mass is 79.9. The van der Waals surface area contributed by atoms with E-state index in [1.54, 1.807) is 12.4 Å². The molecule has 1 fully saturated rings. The Morgan fingerprint density at radius 3 is 2.59 bits per heavy atom. The Kier molecular flexibility index (Phi) is 3.51. The molecule has 0 spiro atoms. The highest BCUT2D eigenvalue weighted by molar-refractivity contribution is 9.10. The topological polar surface area (TPSA) is 85.2 Å². The molecule has 0 aromatic carbocycles. The summed E-state index contributed by atoms with van der Waals surface area (Å²) in [6.45, 7) is 1.58. The van der Waals surface area contributed by atoms with Crippen molar-refractivity contribution in [3.05, 3.63) is 16.9 Å². The number of pyridine rings is 1. The van der Waals surface area contributed by atoms with Gasteiger partial charge in [0.2, 0.25) is 5.91 Å². The molecule has 6 heteroatoms. The molecule has 2 heterocycles. The van der Waals surface area contributed by atoms with Gasteiger partial charge in [0.05, 0.1) is 22.0 Å². The first-order valence-corrected chi connectivity index (χ1v) is 6.32. The van der Waals surface area contributed by atoms with Crippen LogP contribution in [0, 0.1) is 5.92 Å². The summed E-state index contributed by atoms with van der Waals surface area (Å²) in [5.74, 6) is -0.209. The number of nitrogens with two attached hydrogens (primary N) is 2. The molecule has 0 aliphatic carbocycles. The Morgan fingerprint density at radius 2 is 2.06 bits per heavy atom. The maximum Gasteiger partial charge on any atom is 0.220 e. The minimum atomic E-state index is -0.202. The van der Waals surface area contributed by atoms with E-state index in [1.807, 2.05) is 0 Å². The molecule has 1 aromatic rings. The third-order valence-electron chi connectivity index (χ3n) is 3.11. The molecule has 0 atom stereocenters. The van der Waals surface area contributed by atoms with E-state index in [0.29, 0.717) is 5.69 Å². The smallest absolute Gasteiger partial charge is 0.220 e. The van der Waals surface area contributed by atoms with Gasteiger partial charge in [0, 0.05) is 25.2 Å². The number of anilines is 2. The van der Waals surface area contributed by atoms with Crippen molar-refractivity contribution in [3.63, 3.8) is 0 Å². The van der Waals surface area contributed by atoms with Crippen LogP contribution in [0.1, 0.15) is 12.8 Å². The fraction of sp³-hybridized carbons (Fsp3) is 0.455. The van der Waals surface area contributed by atoms with Crippen molar-refractivity contribution >= 4 is 33.2 Å². The molecule has 92 valence electrons. The summed E-state index contributed by atoms with van der Waals surface area (Å²) in [5, 5.41) is 0. The van der Waals surface area contributed by atoms with Crippen LogP contribution in [0.25, 0.3) is 0 Å². The molecule has 5 nitrogen and oxygen atoms in total. The lowest BCUT2D eigenvalue weighted by Gasteiger charge is -2.33. The van der Waals surface area contributed by atoms with Crippen molar-refractivity contribution in [3.8, 4) is 0 Å². The largest absolute Gasteiger partial charge is 0.396 e. The predicted molar refractivity (Wildman–Crippen MR) is 70.5 cm³/mol. The summed E-state index contributed by atoms with van der Waals surface area (Å²) in [5.41, 5.74) is 12.8. The molecule has 1 aromatic heterocycles. The SMILES string of the molecule is NC(=O)C1CCN(c2c(N)cncc2Br)CC1. The number of nitrogen functional groups attached to an aromatic ring is 1. The fourth-order valence-corrected chi connectivity index (χ4v) is 2.76. The Hall–Kier alpha value is -1.30. The van der Waals surface area contributed by atoms with Crippen molar-refractivity contribution in [2.75, 3.05) is 23.7 Å². The molecule has 4 N–H and O–H groups in total. The molecule has 1 amide bonds. The van der Waals surface area contributed by atoms with Crippen molar-refractivity contribution in [1.82, 2.24) is 4.98 Å². The van der Waals surface area contributed by atoms with Gasteiger partial charge in [-0.2, -0.15) is 0 Å². The molecular formula is C11H15BrN4O. The van der Waals surface area contributed by atoms with Gasteiger partial charge >= 0.3 is 0 Å². The zero-order valence-corrected chi connectivity index (χ0v) is 11.0. The maximum atomic E-state index is 11.1. The van der Waals surface area contributed by atoms with Crippen LogP contribution in [0.5, 0.6) is 0 Å². The number of halogens is 1. The van der Waals surface area contributed by atoms with Crippen LogP contribution in [0.2, 0.25) is 0 Å². The summed E-state index contributed by atoms with van der Waals surface area (Å²) in [7, 11) is 0. The quantitative estimate of drug-likeness (QED) is 0.857. The third-order valence-corrected chi connectivity index (χ3v) is 3.70. The molecule has 0 unspecified atom stereocenters. The van der Waals surface area contributed by atoms with Gasteiger partial charge in [0.15, 0.2) is 0 Å². The minimum absolute atomic E-state index is 0.00640. The van der Waals surface area contributed by atoms with Gasteiger partial charge in [-0.05, 0) is 28.8 Å². The lowest BCUT2D eigenvalue weighted by Crippen LogP contribution is -2.39. The van der Waals surface area contributed by atoms with Crippen LogP contribution in [0.3, 0.4) is 0 Å². The predicted octanol–water partition coefficient (Wildman–Crippen LogP) is 1.13. The lowest BCUT2D eigenvalue weighted by molar-refractivity contribution is -0.122. The van der Waals surface area contributed by atoms with Crippen molar-refractivity contribution in [2.45, 2.75) is 12.8 Å². The summed E-state index contributed by atoms with van der Waals surface area (Å²) >= 11 is 3.45. The highest BCUT2D eigenvalue weighted by Crippen LogP contribution is 2.33. The van der Waals surface area contributed by atoms with E-state index < -0.39 is 0 Å². The van der Waals surface area contributed by atoms with E-state index >= 15 is 0 Å². The molecule has 17 heavy (non-hydrogen) atoms. The Bertz CT molecular complexity index is 409. The summed E-state index contributed by atoms with van der Waals surface area (Å²) in [6.07, 6.45) is 4.93. The zero-order chi connectivity index (χ0) is 12.4. The lowest BCUT2D eigenvalue weighted by atomic mass is 9.96. The first-order chi connectivity index (χ1) is 8.09. The van der Waals surface area contributed by atoms with Gasteiger partial charge in [-0.1, -0.05) is 0 Å². The third kappa shape index (κ3) is 2.52. The summed E-state index contributed by atoms with van der Waals surface area (Å²) in [6, 6.07) is 0. The van der Waals surface area contributed by atoms with E-state index in [9.17, 15) is 4.79 Å². The van der Waals surface area contributed by atoms with E-state index in [-0.39, 0.29) is 11.8 Å². The van der Waals surface area contributed by atoms with Crippen molar-refractivity contribution in [1.29, 1.82) is 0 Å². The second kappa shape index (κ2) is 4.91. The van der Waals surface area contributed by atoms with E-state index in [2.05, 4.69) is 25.8 Å². The number of carbonyl (C=O) groups is 1. The monoisotopic (exact) mass is 298 g/mol. The molecule has 1 saturated heterocycles. The van der Waals surface area contributed by atoms with Gasteiger partial charge in [-0.3, -0.25) is 9.78 Å². The van der Waals surface area contributed by atoms with Crippen LogP contribution < -0.4 is 16.4 Å². The number of carbonyl (C=O) groups excluding carboxylic acids is 1. The second-order valence-electron chi connectivity index (χ2n) is 4.22. The van der Waals surface area contributed by atoms with Gasteiger partial charge in [0.1, 0.15) is 0 Å². The fourth-order valence-electron chi connectivity index (χ4n) is 2.16. The van der Waals surface area contributed by atoms with E-state index in [0.717, 1.165) is 36.1 Å². The number of primary amides is 1. The number of nitrogens with zero attached hydrogens (tertiary/aromatic N) is 2. The number of hydrogen-bond donors (Lipinski definition) is 2. The molecule has 0 radical (unpaired) electrons. The van der Waals surface area contributed by atoms with E-state index in [1.165, 1.54) is 0 Å². The van der Waals surface area contributed by atoms with Crippen molar-refractivity contribution < 1.29 is 4.79 Å². The maximum absolute atomic E-state index is 11.1. The first-order valence-electron chi connectivity index (χ1n) is 5.53. The summed E-state index contributed by atoms with van der Waals surface area (Å²) in [4.78, 5) is 17.3. The number of aromatic nitrogens is 1. The standard InChI is InChI=1S/C11H15BrN4O/c12-8-5-15-6-9(13)10(8)16-3-1-7(2-4-16)11(14)17/h5-7H,1-4,13H2,(H2,14,17). The Balaban J connectivity index is 2.13. The number of hydrogen-bond acceptors (Lipinski definition) is 4. The van der Waals surface area contributed by atoms with Crippen molar-refractivity contribution in [2.24, 2.45) is 11.7 Å². The molecule has 0 saturated carbocycles. The first kappa shape index (κ1) is 12.2. The average Bonchev–Trinajstić information content (AvgIpc) is 2.29. The van der Waals surface area contributed by atoms with Crippen LogP contribution in [0.4, 0.5) is 11.4 Å². The van der Waals surface area contributed by atoms with Crippen LogP contribution >= 0.6 is 15.9 Å². The number of piperidine rings is 1. The molecule has 2 rings (SSSR count). The van der Waals surface area contributed by atoms with Crippen LogP contribution in [-0.2, 0) is 4.79 Å².